The summed E-state index contributed by atoms with van der Waals surface area (Å²) in [6.07, 6.45) is 3.56. The van der Waals surface area contributed by atoms with Gasteiger partial charge in [0.1, 0.15) is 0 Å². The highest BCUT2D eigenvalue weighted by molar-refractivity contribution is 4.72. The van der Waals surface area contributed by atoms with E-state index in [-0.39, 0.29) is 6.10 Å². The first-order valence-corrected chi connectivity index (χ1v) is 4.23. The molecule has 0 saturated carbocycles. The molecule has 1 N–H and O–H groups in total. The summed E-state index contributed by atoms with van der Waals surface area (Å²) in [6, 6.07) is 4.05. The van der Waals surface area contributed by atoms with Crippen LogP contribution in [0.4, 0.5) is 0 Å². The Bertz CT molecular complexity index is 158. The first-order chi connectivity index (χ1) is 5.81. The van der Waals surface area contributed by atoms with Gasteiger partial charge in [0.25, 0.3) is 0 Å². The molecular weight excluding hydrogens is 152 g/mol. The molecule has 0 aliphatic carbocycles. The van der Waals surface area contributed by atoms with E-state index < -0.39 is 0 Å². The molecular formula is C9H14N2O. The zero-order valence-electron chi connectivity index (χ0n) is 7.16. The minimum absolute atomic E-state index is 0.327. The van der Waals surface area contributed by atoms with Gasteiger partial charge in [0, 0.05) is 12.8 Å². The fraction of sp³-hybridized carbons (Fsp3) is 0.778. The van der Waals surface area contributed by atoms with Crippen molar-refractivity contribution in [3.8, 4) is 12.1 Å². The number of hydrogen-bond donors (Lipinski definition) is 1. The van der Waals surface area contributed by atoms with E-state index in [9.17, 15) is 5.11 Å². The van der Waals surface area contributed by atoms with Crippen LogP contribution in [0.15, 0.2) is 0 Å². The fourth-order valence-electron chi connectivity index (χ4n) is 0.978. The Labute approximate surface area is 73.2 Å². The van der Waals surface area contributed by atoms with E-state index in [0.717, 1.165) is 12.8 Å². The summed E-state index contributed by atoms with van der Waals surface area (Å²) in [5, 5.41) is 25.7. The Kier molecular flexibility index (Phi) is 7.33. The fourth-order valence-corrected chi connectivity index (χ4v) is 0.978. The molecule has 0 unspecified atom stereocenters. The second kappa shape index (κ2) is 8.04. The predicted octanol–water partition coefficient (Wildman–Crippen LogP) is 1.74. The zero-order chi connectivity index (χ0) is 9.23. The smallest absolute Gasteiger partial charge is 0.0621 e. The lowest BCUT2D eigenvalue weighted by molar-refractivity contribution is 0.150. The number of nitrogens with zero attached hydrogens (tertiary/aromatic N) is 2. The molecule has 0 aromatic heterocycles. The Morgan fingerprint density at radius 3 is 1.75 bits per heavy atom. The van der Waals surface area contributed by atoms with Gasteiger partial charge in [-0.2, -0.15) is 10.5 Å². The molecule has 0 amide bonds. The molecule has 0 aliphatic heterocycles. The van der Waals surface area contributed by atoms with Crippen LogP contribution < -0.4 is 0 Å². The van der Waals surface area contributed by atoms with Gasteiger partial charge in [-0.05, 0) is 25.7 Å². The molecule has 0 aromatic carbocycles. The van der Waals surface area contributed by atoms with E-state index >= 15 is 0 Å². The molecule has 0 rings (SSSR count). The Morgan fingerprint density at radius 1 is 1.00 bits per heavy atom. The maximum Gasteiger partial charge on any atom is 0.0621 e. The minimum atomic E-state index is -0.327. The summed E-state index contributed by atoms with van der Waals surface area (Å²) in [6.45, 7) is 0. The van der Waals surface area contributed by atoms with E-state index in [1.165, 1.54) is 0 Å². The predicted molar refractivity (Wildman–Crippen MR) is 44.9 cm³/mol. The summed E-state index contributed by atoms with van der Waals surface area (Å²) in [7, 11) is 0. The van der Waals surface area contributed by atoms with Crippen LogP contribution in [0.1, 0.15) is 38.5 Å². The molecule has 0 radical (unpaired) electrons. The minimum Gasteiger partial charge on any atom is -0.393 e. The molecule has 0 heterocycles. The van der Waals surface area contributed by atoms with E-state index in [1.54, 1.807) is 0 Å². The number of nitriles is 2. The first kappa shape index (κ1) is 10.9. The molecule has 12 heavy (non-hydrogen) atoms. The summed E-state index contributed by atoms with van der Waals surface area (Å²) >= 11 is 0. The highest BCUT2D eigenvalue weighted by Crippen LogP contribution is 2.07. The summed E-state index contributed by atoms with van der Waals surface area (Å²) < 4.78 is 0. The van der Waals surface area contributed by atoms with Crippen LogP contribution in [-0.4, -0.2) is 11.2 Å². The standard InChI is InChI=1S/C9H14N2O/c10-7-3-1-5-9(12)6-2-4-8-11/h9,12H,1-6H2. The third-order valence-electron chi connectivity index (χ3n) is 1.65. The topological polar surface area (TPSA) is 67.8 Å². The zero-order valence-corrected chi connectivity index (χ0v) is 7.16. The van der Waals surface area contributed by atoms with Gasteiger partial charge in [-0.1, -0.05) is 0 Å². The van der Waals surface area contributed by atoms with Crippen molar-refractivity contribution in [3.05, 3.63) is 0 Å². The van der Waals surface area contributed by atoms with Crippen molar-refractivity contribution in [3.63, 3.8) is 0 Å². The molecule has 0 bridgehead atoms. The molecule has 0 fully saturated rings. The summed E-state index contributed by atoms with van der Waals surface area (Å²) in [4.78, 5) is 0. The number of unbranched alkanes of at least 4 members (excludes halogenated alkanes) is 2. The molecule has 0 aliphatic rings. The highest BCUT2D eigenvalue weighted by atomic mass is 16.3. The molecule has 0 atom stereocenters. The molecule has 3 nitrogen and oxygen atoms in total. The van der Waals surface area contributed by atoms with Gasteiger partial charge in [-0.3, -0.25) is 0 Å². The van der Waals surface area contributed by atoms with Gasteiger partial charge in [0.15, 0.2) is 0 Å². The largest absolute Gasteiger partial charge is 0.393 e. The maximum atomic E-state index is 9.28. The van der Waals surface area contributed by atoms with Gasteiger partial charge in [0.2, 0.25) is 0 Å². The normalized spacial score (nSPS) is 9.33. The van der Waals surface area contributed by atoms with Crippen molar-refractivity contribution in [2.24, 2.45) is 0 Å². The van der Waals surface area contributed by atoms with Crippen LogP contribution in [0.2, 0.25) is 0 Å². The molecule has 0 spiro atoms. The number of hydrogen-bond acceptors (Lipinski definition) is 3. The Balaban J connectivity index is 3.18. The molecule has 66 valence electrons. The van der Waals surface area contributed by atoms with E-state index in [4.69, 9.17) is 10.5 Å². The average molecular weight is 166 g/mol. The lowest BCUT2D eigenvalue weighted by atomic mass is 10.1. The van der Waals surface area contributed by atoms with Crippen LogP contribution in [0.25, 0.3) is 0 Å². The molecule has 0 aromatic rings. The Morgan fingerprint density at radius 2 is 1.42 bits per heavy atom. The van der Waals surface area contributed by atoms with Gasteiger partial charge in [0.05, 0.1) is 18.2 Å². The number of aliphatic hydroxyl groups is 1. The lowest BCUT2D eigenvalue weighted by Crippen LogP contribution is -2.05. The quantitative estimate of drug-likeness (QED) is 0.611. The van der Waals surface area contributed by atoms with Crippen LogP contribution in [0.3, 0.4) is 0 Å². The lowest BCUT2D eigenvalue weighted by Gasteiger charge is -2.06. The maximum absolute atomic E-state index is 9.28. The van der Waals surface area contributed by atoms with Crippen LogP contribution >= 0.6 is 0 Å². The van der Waals surface area contributed by atoms with E-state index in [0.29, 0.717) is 25.7 Å². The van der Waals surface area contributed by atoms with E-state index in [2.05, 4.69) is 0 Å². The average Bonchev–Trinajstić information content (AvgIpc) is 2.06. The van der Waals surface area contributed by atoms with Gasteiger partial charge >= 0.3 is 0 Å². The van der Waals surface area contributed by atoms with Crippen LogP contribution in [-0.2, 0) is 0 Å². The first-order valence-electron chi connectivity index (χ1n) is 4.23. The van der Waals surface area contributed by atoms with Crippen molar-refractivity contribution in [1.82, 2.24) is 0 Å². The van der Waals surface area contributed by atoms with E-state index in [1.807, 2.05) is 12.1 Å². The van der Waals surface area contributed by atoms with Gasteiger partial charge in [-0.25, -0.2) is 0 Å². The monoisotopic (exact) mass is 166 g/mol. The van der Waals surface area contributed by atoms with Gasteiger partial charge < -0.3 is 5.11 Å². The SMILES string of the molecule is N#CCCCC(O)CCCC#N. The molecule has 3 heteroatoms. The van der Waals surface area contributed by atoms with Crippen molar-refractivity contribution in [2.45, 2.75) is 44.6 Å². The Hall–Kier alpha value is -1.06. The summed E-state index contributed by atoms with van der Waals surface area (Å²) in [5.74, 6) is 0. The number of rotatable bonds is 6. The highest BCUT2D eigenvalue weighted by Gasteiger charge is 2.02. The molecule has 0 saturated heterocycles. The van der Waals surface area contributed by atoms with Crippen molar-refractivity contribution >= 4 is 0 Å². The second-order valence-electron chi connectivity index (χ2n) is 2.75. The van der Waals surface area contributed by atoms with Gasteiger partial charge in [-0.15, -0.1) is 0 Å². The number of aliphatic hydroxyl groups excluding tert-OH is 1. The van der Waals surface area contributed by atoms with Crippen LogP contribution in [0.5, 0.6) is 0 Å². The second-order valence-corrected chi connectivity index (χ2v) is 2.75. The van der Waals surface area contributed by atoms with Crippen molar-refractivity contribution in [2.75, 3.05) is 0 Å². The third kappa shape index (κ3) is 7.05. The summed E-state index contributed by atoms with van der Waals surface area (Å²) in [5.41, 5.74) is 0. The van der Waals surface area contributed by atoms with Crippen LogP contribution in [0, 0.1) is 22.7 Å². The third-order valence-corrected chi connectivity index (χ3v) is 1.65. The van der Waals surface area contributed by atoms with Crippen molar-refractivity contribution in [1.29, 1.82) is 10.5 Å². The van der Waals surface area contributed by atoms with Crippen molar-refractivity contribution < 1.29 is 5.11 Å².